The van der Waals surface area contributed by atoms with Gasteiger partial charge >= 0.3 is 0 Å². The lowest BCUT2D eigenvalue weighted by Crippen LogP contribution is -2.34. The van der Waals surface area contributed by atoms with Crippen LogP contribution in [0.5, 0.6) is 5.75 Å². The molecule has 144 valence electrons. The van der Waals surface area contributed by atoms with Crippen molar-refractivity contribution in [2.75, 3.05) is 20.2 Å². The third kappa shape index (κ3) is 4.38. The predicted octanol–water partition coefficient (Wildman–Crippen LogP) is 2.93. The lowest BCUT2D eigenvalue weighted by atomic mass is 10.2. The van der Waals surface area contributed by atoms with E-state index in [4.69, 9.17) is 4.74 Å². The van der Waals surface area contributed by atoms with Gasteiger partial charge in [-0.15, -0.1) is 0 Å². The van der Waals surface area contributed by atoms with Gasteiger partial charge in [0, 0.05) is 24.7 Å². The number of amides is 1. The number of likely N-dealkylation sites (tertiary alicyclic amines) is 1. The van der Waals surface area contributed by atoms with Gasteiger partial charge in [0.25, 0.3) is 5.91 Å². The van der Waals surface area contributed by atoms with E-state index in [2.05, 4.69) is 4.72 Å². The number of ether oxygens (including phenoxy) is 1. The molecule has 1 heterocycles. The molecule has 6 nitrogen and oxygen atoms in total. The molecule has 2 fully saturated rings. The topological polar surface area (TPSA) is 75.7 Å². The zero-order chi connectivity index (χ0) is 18.6. The fraction of sp³-hybridized carbons (Fsp3) is 0.632. The van der Waals surface area contributed by atoms with Gasteiger partial charge in [-0.05, 0) is 43.9 Å². The Labute approximate surface area is 156 Å². The number of nitrogens with zero attached hydrogens (tertiary/aromatic N) is 1. The van der Waals surface area contributed by atoms with E-state index in [9.17, 15) is 13.2 Å². The summed E-state index contributed by atoms with van der Waals surface area (Å²) in [5.41, 5.74) is 0.402. The van der Waals surface area contributed by atoms with Crippen molar-refractivity contribution in [1.29, 1.82) is 0 Å². The van der Waals surface area contributed by atoms with Crippen molar-refractivity contribution in [3.05, 3.63) is 23.8 Å². The minimum absolute atomic E-state index is 0.0327. The third-order valence-corrected chi connectivity index (χ3v) is 6.81. The van der Waals surface area contributed by atoms with Crippen LogP contribution in [0, 0.1) is 0 Å². The van der Waals surface area contributed by atoms with E-state index in [1.165, 1.54) is 13.2 Å². The largest absolute Gasteiger partial charge is 0.495 e. The normalized spacial score (nSPS) is 19.3. The summed E-state index contributed by atoms with van der Waals surface area (Å²) in [6, 6.07) is 4.66. The molecule has 1 saturated carbocycles. The SMILES string of the molecule is COc1ccc(C(=O)N2CCCCCC2)cc1S(=O)(=O)NC1CCCC1. The maximum absolute atomic E-state index is 12.9. The highest BCUT2D eigenvalue weighted by molar-refractivity contribution is 7.89. The van der Waals surface area contributed by atoms with E-state index in [-0.39, 0.29) is 22.6 Å². The van der Waals surface area contributed by atoms with Crippen LogP contribution in [0.4, 0.5) is 0 Å². The van der Waals surface area contributed by atoms with Gasteiger partial charge in [0.15, 0.2) is 0 Å². The first kappa shape index (κ1) is 19.2. The second-order valence-corrected chi connectivity index (χ2v) is 8.86. The summed E-state index contributed by atoms with van der Waals surface area (Å²) in [5, 5.41) is 0. The number of methoxy groups -OCH3 is 1. The second kappa shape index (κ2) is 8.39. The van der Waals surface area contributed by atoms with Crippen molar-refractivity contribution in [2.45, 2.75) is 62.3 Å². The lowest BCUT2D eigenvalue weighted by Gasteiger charge is -2.21. The fourth-order valence-electron chi connectivity index (χ4n) is 3.80. The van der Waals surface area contributed by atoms with Gasteiger partial charge in [-0.2, -0.15) is 0 Å². The standard InChI is InChI=1S/C19H28N2O4S/c1-25-17-11-10-15(19(22)21-12-6-2-3-7-13-21)14-18(17)26(23,24)20-16-8-4-5-9-16/h10-11,14,16,20H,2-9,12-13H2,1H3. The molecule has 0 atom stereocenters. The van der Waals surface area contributed by atoms with Gasteiger partial charge < -0.3 is 9.64 Å². The number of sulfonamides is 1. The van der Waals surface area contributed by atoms with E-state index < -0.39 is 10.0 Å². The highest BCUT2D eigenvalue weighted by atomic mass is 32.2. The van der Waals surface area contributed by atoms with E-state index >= 15 is 0 Å². The Morgan fingerprint density at radius 2 is 1.73 bits per heavy atom. The average Bonchev–Trinajstić information content (AvgIpc) is 2.98. The maximum atomic E-state index is 12.9. The molecule has 0 spiro atoms. The number of benzene rings is 1. The molecule has 1 N–H and O–H groups in total. The first-order valence-electron chi connectivity index (χ1n) is 9.51. The number of rotatable bonds is 5. The Balaban J connectivity index is 1.86. The third-order valence-electron chi connectivity index (χ3n) is 5.27. The molecule has 3 rings (SSSR count). The minimum Gasteiger partial charge on any atom is -0.495 e. The van der Waals surface area contributed by atoms with Gasteiger partial charge in [0.2, 0.25) is 10.0 Å². The van der Waals surface area contributed by atoms with Crippen LogP contribution >= 0.6 is 0 Å². The van der Waals surface area contributed by atoms with Crippen molar-refractivity contribution in [3.8, 4) is 5.75 Å². The van der Waals surface area contributed by atoms with Crippen LogP contribution in [0.1, 0.15) is 61.7 Å². The minimum atomic E-state index is -3.73. The van der Waals surface area contributed by atoms with Gasteiger partial charge in [0.1, 0.15) is 10.6 Å². The van der Waals surface area contributed by atoms with Gasteiger partial charge in [-0.3, -0.25) is 4.79 Å². The summed E-state index contributed by atoms with van der Waals surface area (Å²) in [5.74, 6) is 0.162. The highest BCUT2D eigenvalue weighted by Gasteiger charge is 2.27. The number of nitrogens with one attached hydrogen (secondary N) is 1. The van der Waals surface area contributed by atoms with Crippen LogP contribution in [0.15, 0.2) is 23.1 Å². The van der Waals surface area contributed by atoms with Gasteiger partial charge in [-0.1, -0.05) is 25.7 Å². The van der Waals surface area contributed by atoms with Crippen LogP contribution in [0.2, 0.25) is 0 Å². The smallest absolute Gasteiger partial charge is 0.253 e. The summed E-state index contributed by atoms with van der Waals surface area (Å²) in [6.07, 6.45) is 8.05. The molecule has 1 aromatic rings. The molecule has 26 heavy (non-hydrogen) atoms. The summed E-state index contributed by atoms with van der Waals surface area (Å²) in [4.78, 5) is 14.7. The van der Waals surface area contributed by atoms with Gasteiger partial charge in [-0.25, -0.2) is 13.1 Å². The van der Waals surface area contributed by atoms with E-state index in [1.807, 2.05) is 4.90 Å². The highest BCUT2D eigenvalue weighted by Crippen LogP contribution is 2.28. The Morgan fingerprint density at radius 3 is 2.35 bits per heavy atom. The lowest BCUT2D eigenvalue weighted by molar-refractivity contribution is 0.0761. The van der Waals surface area contributed by atoms with Crippen molar-refractivity contribution in [1.82, 2.24) is 9.62 Å². The first-order valence-corrected chi connectivity index (χ1v) is 11.0. The Hall–Kier alpha value is -1.60. The summed E-state index contributed by atoms with van der Waals surface area (Å²) >= 11 is 0. The molecular formula is C19H28N2O4S. The first-order chi connectivity index (χ1) is 12.5. The van der Waals surface area contributed by atoms with Crippen molar-refractivity contribution in [3.63, 3.8) is 0 Å². The van der Waals surface area contributed by atoms with Gasteiger partial charge in [0.05, 0.1) is 7.11 Å². The van der Waals surface area contributed by atoms with Crippen LogP contribution in [0.25, 0.3) is 0 Å². The molecule has 1 amide bonds. The number of hydrogen-bond donors (Lipinski definition) is 1. The zero-order valence-corrected chi connectivity index (χ0v) is 16.2. The Bertz CT molecular complexity index is 734. The van der Waals surface area contributed by atoms with E-state index in [0.29, 0.717) is 5.56 Å². The van der Waals surface area contributed by atoms with E-state index in [1.54, 1.807) is 12.1 Å². The van der Waals surface area contributed by atoms with Crippen LogP contribution in [0.3, 0.4) is 0 Å². The Kier molecular flexibility index (Phi) is 6.19. The maximum Gasteiger partial charge on any atom is 0.253 e. The Morgan fingerprint density at radius 1 is 1.08 bits per heavy atom. The molecule has 1 aliphatic carbocycles. The molecule has 1 aromatic carbocycles. The average molecular weight is 381 g/mol. The van der Waals surface area contributed by atoms with Crippen LogP contribution in [-0.2, 0) is 10.0 Å². The number of carbonyl (C=O) groups excluding carboxylic acids is 1. The molecule has 1 aliphatic heterocycles. The monoisotopic (exact) mass is 380 g/mol. The number of hydrogen-bond acceptors (Lipinski definition) is 4. The molecule has 7 heteroatoms. The zero-order valence-electron chi connectivity index (χ0n) is 15.4. The molecule has 0 bridgehead atoms. The van der Waals surface area contributed by atoms with Crippen molar-refractivity contribution >= 4 is 15.9 Å². The molecule has 0 aromatic heterocycles. The molecule has 0 unspecified atom stereocenters. The summed E-state index contributed by atoms with van der Waals surface area (Å²) in [7, 11) is -2.28. The predicted molar refractivity (Wildman–Crippen MR) is 99.9 cm³/mol. The molecule has 2 aliphatic rings. The quantitative estimate of drug-likeness (QED) is 0.852. The van der Waals surface area contributed by atoms with Crippen molar-refractivity contribution in [2.24, 2.45) is 0 Å². The second-order valence-electron chi connectivity index (χ2n) is 7.17. The van der Waals surface area contributed by atoms with Crippen LogP contribution < -0.4 is 9.46 Å². The molecular weight excluding hydrogens is 352 g/mol. The molecule has 0 radical (unpaired) electrons. The summed E-state index contributed by atoms with van der Waals surface area (Å²) < 4.78 is 33.7. The molecule has 1 saturated heterocycles. The summed E-state index contributed by atoms with van der Waals surface area (Å²) in [6.45, 7) is 1.46. The van der Waals surface area contributed by atoms with Crippen molar-refractivity contribution < 1.29 is 17.9 Å². The van der Waals surface area contributed by atoms with E-state index in [0.717, 1.165) is 64.5 Å². The number of carbonyl (C=O) groups is 1. The fourth-order valence-corrected chi connectivity index (χ4v) is 5.30. The van der Waals surface area contributed by atoms with Crippen LogP contribution in [-0.4, -0.2) is 45.5 Å².